The third kappa shape index (κ3) is 4.42. The van der Waals surface area contributed by atoms with E-state index in [9.17, 15) is 30.8 Å². The lowest BCUT2D eigenvalue weighted by molar-refractivity contribution is -0.141. The van der Waals surface area contributed by atoms with Gasteiger partial charge in [-0.2, -0.15) is 18.3 Å². The summed E-state index contributed by atoms with van der Waals surface area (Å²) in [6.45, 7) is 4.33. The lowest BCUT2D eigenvalue weighted by Gasteiger charge is -2.19. The number of rotatable bonds is 5. The third-order valence-corrected chi connectivity index (χ3v) is 8.78. The van der Waals surface area contributed by atoms with Crippen molar-refractivity contribution in [3.8, 4) is 5.82 Å². The molecule has 0 bridgehead atoms. The minimum absolute atomic E-state index is 0.0189. The Kier molecular flexibility index (Phi) is 5.98. The van der Waals surface area contributed by atoms with Crippen LogP contribution in [0.5, 0.6) is 0 Å². The first-order valence-electron chi connectivity index (χ1n) is 10.6. The number of carbonyl (C=O) groups is 1. The highest BCUT2D eigenvalue weighted by Gasteiger charge is 2.46. The maximum atomic E-state index is 14.8. The molecule has 0 radical (unpaired) electrons. The van der Waals surface area contributed by atoms with Crippen LogP contribution in [0.25, 0.3) is 5.82 Å². The molecule has 2 atom stereocenters. The molecule has 14 heteroatoms. The van der Waals surface area contributed by atoms with Gasteiger partial charge in [0.1, 0.15) is 17.1 Å². The second-order valence-corrected chi connectivity index (χ2v) is 11.2. The van der Waals surface area contributed by atoms with Crippen LogP contribution in [0.4, 0.5) is 23.2 Å². The topological polar surface area (TPSA) is 112 Å². The number of alkyl halides is 3. The summed E-state index contributed by atoms with van der Waals surface area (Å²) in [6, 6.07) is 0.716. The fourth-order valence-corrected chi connectivity index (χ4v) is 5.90. The van der Waals surface area contributed by atoms with Crippen molar-refractivity contribution in [3.05, 3.63) is 53.8 Å². The van der Waals surface area contributed by atoms with Gasteiger partial charge < -0.3 is 5.32 Å². The van der Waals surface area contributed by atoms with Crippen LogP contribution in [0, 0.1) is 12.7 Å². The van der Waals surface area contributed by atoms with E-state index >= 15 is 0 Å². The maximum Gasteiger partial charge on any atom is 0.435 e. The fourth-order valence-electron chi connectivity index (χ4n) is 4.04. The van der Waals surface area contributed by atoms with Crippen LogP contribution in [-0.2, 0) is 25.6 Å². The number of imidazole rings is 1. The van der Waals surface area contributed by atoms with E-state index in [0.717, 1.165) is 16.8 Å². The molecule has 9 nitrogen and oxygen atoms in total. The standard InChI is InChI=1S/C21H22F4N6O3S/c1-12-7-16(21(23,24)25)29-31(12)13(2)19(32)28-14-8-15(22)18(26-9-14)30-10-17(27-11-30)20(3)5-4-6-35(20,33)34/h7-11,13H,4-6H2,1-3H3,(H,28,32)/t13-,20+/m0/s1. The van der Waals surface area contributed by atoms with E-state index in [1.54, 1.807) is 6.92 Å². The van der Waals surface area contributed by atoms with E-state index in [1.165, 1.54) is 37.1 Å². The molecule has 1 fully saturated rings. The number of anilines is 1. The first-order valence-corrected chi connectivity index (χ1v) is 12.2. The largest absolute Gasteiger partial charge is 0.435 e. The molecule has 0 aliphatic carbocycles. The van der Waals surface area contributed by atoms with Crippen molar-refractivity contribution in [2.75, 3.05) is 11.1 Å². The summed E-state index contributed by atoms with van der Waals surface area (Å²) in [5.74, 6) is -1.64. The number of aryl methyl sites for hydroxylation is 1. The normalized spacial score (nSPS) is 20.7. The number of sulfone groups is 1. The van der Waals surface area contributed by atoms with Gasteiger partial charge in [0, 0.05) is 18.0 Å². The number of nitrogens with zero attached hydrogens (tertiary/aromatic N) is 5. The SMILES string of the molecule is Cc1cc(C(F)(F)F)nn1[C@@H](C)C(=O)Nc1cnc(-n2cnc([C@@]3(C)CCCS3(=O)=O)c2)c(F)c1. The lowest BCUT2D eigenvalue weighted by Crippen LogP contribution is -2.28. The number of carbonyl (C=O) groups excluding carboxylic acids is 1. The van der Waals surface area contributed by atoms with Gasteiger partial charge in [-0.05, 0) is 39.7 Å². The monoisotopic (exact) mass is 514 g/mol. The number of nitrogens with one attached hydrogen (secondary N) is 1. The van der Waals surface area contributed by atoms with Crippen molar-refractivity contribution < 1.29 is 30.8 Å². The zero-order valence-electron chi connectivity index (χ0n) is 19.0. The van der Waals surface area contributed by atoms with E-state index in [-0.39, 0.29) is 28.6 Å². The smallest absolute Gasteiger partial charge is 0.323 e. The fraction of sp³-hybridized carbons (Fsp3) is 0.429. The Morgan fingerprint density at radius 3 is 2.54 bits per heavy atom. The van der Waals surface area contributed by atoms with Gasteiger partial charge in [0.05, 0.1) is 23.3 Å². The summed E-state index contributed by atoms with van der Waals surface area (Å²) in [4.78, 5) is 20.7. The zero-order chi connectivity index (χ0) is 25.8. The Balaban J connectivity index is 1.52. The summed E-state index contributed by atoms with van der Waals surface area (Å²) >= 11 is 0. The van der Waals surface area contributed by atoms with E-state index in [1.807, 2.05) is 0 Å². The Hall–Kier alpha value is -3.29. The molecule has 188 valence electrons. The maximum absolute atomic E-state index is 14.8. The zero-order valence-corrected chi connectivity index (χ0v) is 19.8. The molecule has 0 aromatic carbocycles. The minimum atomic E-state index is -4.65. The lowest BCUT2D eigenvalue weighted by atomic mass is 10.0. The van der Waals surface area contributed by atoms with Gasteiger partial charge in [-0.15, -0.1) is 0 Å². The van der Waals surface area contributed by atoms with Crippen molar-refractivity contribution in [1.82, 2.24) is 24.3 Å². The highest BCUT2D eigenvalue weighted by Crippen LogP contribution is 2.40. The van der Waals surface area contributed by atoms with Crippen LogP contribution in [0.15, 0.2) is 30.9 Å². The predicted octanol–water partition coefficient (Wildman–Crippen LogP) is 3.55. The van der Waals surface area contributed by atoms with E-state index in [4.69, 9.17) is 0 Å². The second kappa shape index (κ2) is 8.43. The number of aromatic nitrogens is 5. The molecule has 0 spiro atoms. The first kappa shape index (κ1) is 24.8. The van der Waals surface area contributed by atoms with Crippen LogP contribution in [0.1, 0.15) is 49.8 Å². The molecule has 1 aliphatic heterocycles. The number of hydrogen-bond donors (Lipinski definition) is 1. The van der Waals surface area contributed by atoms with Crippen LogP contribution in [0.3, 0.4) is 0 Å². The Morgan fingerprint density at radius 1 is 1.26 bits per heavy atom. The van der Waals surface area contributed by atoms with Gasteiger partial charge in [0.15, 0.2) is 27.2 Å². The first-order chi connectivity index (χ1) is 16.2. The number of amides is 1. The Morgan fingerprint density at radius 2 is 1.97 bits per heavy atom. The summed E-state index contributed by atoms with van der Waals surface area (Å²) in [5, 5.41) is 5.87. The number of hydrogen-bond acceptors (Lipinski definition) is 6. The summed E-state index contributed by atoms with van der Waals surface area (Å²) < 4.78 is 79.4. The third-order valence-electron chi connectivity index (χ3n) is 6.17. The van der Waals surface area contributed by atoms with Crippen LogP contribution < -0.4 is 5.32 Å². The van der Waals surface area contributed by atoms with Crippen molar-refractivity contribution in [2.24, 2.45) is 0 Å². The highest BCUT2D eigenvalue weighted by molar-refractivity contribution is 7.92. The van der Waals surface area contributed by atoms with Crippen LogP contribution in [-0.4, -0.2) is 44.4 Å². The van der Waals surface area contributed by atoms with Crippen molar-refractivity contribution in [2.45, 2.75) is 50.6 Å². The molecule has 3 aromatic heterocycles. The van der Waals surface area contributed by atoms with Gasteiger partial charge in [0.25, 0.3) is 0 Å². The molecular weight excluding hydrogens is 492 g/mol. The molecule has 0 saturated carbocycles. The van der Waals surface area contributed by atoms with Gasteiger partial charge in [-0.3, -0.25) is 14.0 Å². The highest BCUT2D eigenvalue weighted by atomic mass is 32.2. The van der Waals surface area contributed by atoms with Crippen molar-refractivity contribution >= 4 is 21.4 Å². The molecule has 3 aromatic rings. The Bertz CT molecular complexity index is 1400. The Labute approximate surface area is 198 Å². The molecule has 1 saturated heterocycles. The molecule has 0 unspecified atom stereocenters. The quantitative estimate of drug-likeness (QED) is 0.522. The number of pyridine rings is 1. The molecule has 1 N–H and O–H groups in total. The van der Waals surface area contributed by atoms with Gasteiger partial charge in [-0.25, -0.2) is 22.8 Å². The van der Waals surface area contributed by atoms with Crippen molar-refractivity contribution in [1.29, 1.82) is 0 Å². The molecule has 1 aliphatic rings. The van der Waals surface area contributed by atoms with Gasteiger partial charge in [-0.1, -0.05) is 0 Å². The predicted molar refractivity (Wildman–Crippen MR) is 117 cm³/mol. The summed E-state index contributed by atoms with van der Waals surface area (Å²) in [7, 11) is -3.39. The van der Waals surface area contributed by atoms with Crippen LogP contribution in [0.2, 0.25) is 0 Å². The molecule has 4 heterocycles. The van der Waals surface area contributed by atoms with Crippen LogP contribution >= 0.6 is 0 Å². The van der Waals surface area contributed by atoms with Crippen molar-refractivity contribution in [3.63, 3.8) is 0 Å². The number of halogens is 4. The van der Waals surface area contributed by atoms with E-state index < -0.39 is 44.2 Å². The average molecular weight is 515 g/mol. The second-order valence-electron chi connectivity index (χ2n) is 8.63. The average Bonchev–Trinajstić information content (AvgIpc) is 3.46. The van der Waals surface area contributed by atoms with E-state index in [0.29, 0.717) is 12.8 Å². The molecule has 1 amide bonds. The molecule has 4 rings (SSSR count). The van der Waals surface area contributed by atoms with Gasteiger partial charge in [0.2, 0.25) is 5.91 Å². The summed E-state index contributed by atoms with van der Waals surface area (Å²) in [5.41, 5.74) is -0.718. The molecular formula is C21H22F4N6O3S. The minimum Gasteiger partial charge on any atom is -0.323 e. The van der Waals surface area contributed by atoms with E-state index in [2.05, 4.69) is 20.4 Å². The molecule has 35 heavy (non-hydrogen) atoms. The van der Waals surface area contributed by atoms with Gasteiger partial charge >= 0.3 is 6.18 Å². The summed E-state index contributed by atoms with van der Waals surface area (Å²) in [6.07, 6.45) is 0.119.